The minimum Gasteiger partial charge on any atom is -0.445 e. The summed E-state index contributed by atoms with van der Waals surface area (Å²) in [6.07, 6.45) is -13.7. The van der Waals surface area contributed by atoms with Gasteiger partial charge < -0.3 is 59.9 Å². The Morgan fingerprint density at radius 2 is 1.34 bits per heavy atom. The number of nitrogens with one attached hydrogen (secondary N) is 2. The summed E-state index contributed by atoms with van der Waals surface area (Å²) < 4.78 is 27.0. The van der Waals surface area contributed by atoms with Crippen LogP contribution in [0.1, 0.15) is 11.1 Å². The van der Waals surface area contributed by atoms with Crippen LogP contribution in [-0.2, 0) is 36.9 Å². The molecule has 0 spiro atoms. The molecule has 4 rings (SSSR count). The van der Waals surface area contributed by atoms with Crippen molar-refractivity contribution >= 4 is 12.2 Å². The molecular weight excluding hydrogens is 544 g/mol. The summed E-state index contributed by atoms with van der Waals surface area (Å²) in [6.45, 7) is -1.05. The lowest BCUT2D eigenvalue weighted by molar-refractivity contribution is -0.284. The molecule has 14 heteroatoms. The molecule has 0 saturated carbocycles. The van der Waals surface area contributed by atoms with E-state index < -0.39 is 74.0 Å². The van der Waals surface area contributed by atoms with Gasteiger partial charge >= 0.3 is 12.2 Å². The first-order chi connectivity index (χ1) is 19.8. The van der Waals surface area contributed by atoms with Crippen molar-refractivity contribution in [1.29, 1.82) is 0 Å². The number of benzene rings is 2. The Kier molecular flexibility index (Phi) is 10.8. The van der Waals surface area contributed by atoms with E-state index in [-0.39, 0.29) is 19.8 Å². The maximum absolute atomic E-state index is 12.6. The summed E-state index contributed by atoms with van der Waals surface area (Å²) in [5.74, 6) is 0. The zero-order valence-corrected chi connectivity index (χ0v) is 21.9. The Bertz CT molecular complexity index is 1110. The van der Waals surface area contributed by atoms with Crippen LogP contribution in [0.2, 0.25) is 0 Å². The van der Waals surface area contributed by atoms with Gasteiger partial charge in [-0.05, 0) is 11.1 Å². The average Bonchev–Trinajstić information content (AvgIpc) is 3.26. The molecule has 224 valence electrons. The number of aliphatic hydroxyl groups excluding tert-OH is 5. The van der Waals surface area contributed by atoms with Gasteiger partial charge in [-0.2, -0.15) is 0 Å². The number of ether oxygens (including phenoxy) is 5. The number of rotatable bonds is 10. The minimum atomic E-state index is -1.69. The summed E-state index contributed by atoms with van der Waals surface area (Å²) in [5.41, 5.74) is 1.46. The fourth-order valence-electron chi connectivity index (χ4n) is 4.42. The summed E-state index contributed by atoms with van der Waals surface area (Å²) in [6, 6.07) is 16.3. The molecule has 2 amide bonds. The molecule has 2 heterocycles. The third kappa shape index (κ3) is 8.12. The number of carbonyl (C=O) groups excluding carboxylic acids is 2. The van der Waals surface area contributed by atoms with Crippen LogP contribution in [0.25, 0.3) is 0 Å². The Labute approximate surface area is 235 Å². The fourth-order valence-corrected chi connectivity index (χ4v) is 4.42. The van der Waals surface area contributed by atoms with E-state index in [1.54, 1.807) is 54.6 Å². The van der Waals surface area contributed by atoms with Gasteiger partial charge in [0.2, 0.25) is 0 Å². The largest absolute Gasteiger partial charge is 0.445 e. The Morgan fingerprint density at radius 3 is 1.93 bits per heavy atom. The van der Waals surface area contributed by atoms with Crippen molar-refractivity contribution in [3.63, 3.8) is 0 Å². The summed E-state index contributed by atoms with van der Waals surface area (Å²) in [7, 11) is 0. The van der Waals surface area contributed by atoms with Crippen molar-refractivity contribution in [3.05, 3.63) is 71.8 Å². The van der Waals surface area contributed by atoms with E-state index in [0.717, 1.165) is 5.56 Å². The van der Waals surface area contributed by atoms with Crippen LogP contribution >= 0.6 is 0 Å². The molecule has 2 aromatic rings. The lowest BCUT2D eigenvalue weighted by Crippen LogP contribution is -2.66. The zero-order valence-electron chi connectivity index (χ0n) is 21.9. The van der Waals surface area contributed by atoms with Crippen LogP contribution < -0.4 is 10.6 Å². The molecule has 14 nitrogen and oxygen atoms in total. The van der Waals surface area contributed by atoms with Gasteiger partial charge in [-0.15, -0.1) is 0 Å². The standard InChI is InChI=1S/C27H34N2O12/c30-12-18-23(22(33)24(34)39-18)41-25-19(29-27(36)38-14-16-9-5-2-6-10-16)21(32)20(31)17(40-25)11-28-26(35)37-13-15-7-3-1-4-8-15/h1-10,17-25,30-34H,11-14H2,(H,28,35)(H,29,36)/t17-,18+,19+,20+,21+,22+,23+,24?,25+/m0/s1. The van der Waals surface area contributed by atoms with Crippen LogP contribution in [0, 0.1) is 0 Å². The molecule has 2 aromatic carbocycles. The lowest BCUT2D eigenvalue weighted by Gasteiger charge is -2.43. The predicted molar refractivity (Wildman–Crippen MR) is 138 cm³/mol. The number of aliphatic hydroxyl groups is 5. The quantitative estimate of drug-likeness (QED) is 0.183. The number of hydrogen-bond acceptors (Lipinski definition) is 12. The molecule has 0 aliphatic carbocycles. The van der Waals surface area contributed by atoms with E-state index in [9.17, 15) is 35.1 Å². The van der Waals surface area contributed by atoms with Crippen LogP contribution in [0.3, 0.4) is 0 Å². The summed E-state index contributed by atoms with van der Waals surface area (Å²) in [5, 5.41) is 56.3. The van der Waals surface area contributed by atoms with Gasteiger partial charge in [-0.3, -0.25) is 0 Å². The normalized spacial score (nSPS) is 31.3. The average molecular weight is 579 g/mol. The van der Waals surface area contributed by atoms with Gasteiger partial charge in [0.25, 0.3) is 0 Å². The first-order valence-corrected chi connectivity index (χ1v) is 13.0. The molecule has 2 saturated heterocycles. The second kappa shape index (κ2) is 14.5. The van der Waals surface area contributed by atoms with Gasteiger partial charge in [-0.25, -0.2) is 9.59 Å². The van der Waals surface area contributed by atoms with Crippen LogP contribution in [-0.4, -0.2) is 106 Å². The number of amides is 2. The summed E-state index contributed by atoms with van der Waals surface area (Å²) >= 11 is 0. The van der Waals surface area contributed by atoms with Gasteiger partial charge in [-0.1, -0.05) is 60.7 Å². The van der Waals surface area contributed by atoms with Crippen LogP contribution in [0.5, 0.6) is 0 Å². The van der Waals surface area contributed by atoms with Gasteiger partial charge in [0.05, 0.1) is 6.61 Å². The third-order valence-electron chi connectivity index (χ3n) is 6.64. The first kappa shape index (κ1) is 30.6. The minimum absolute atomic E-state index is 0.00333. The van der Waals surface area contributed by atoms with E-state index in [1.807, 2.05) is 6.07 Å². The molecule has 0 aromatic heterocycles. The molecule has 1 unspecified atom stereocenters. The first-order valence-electron chi connectivity index (χ1n) is 13.0. The molecule has 2 aliphatic heterocycles. The number of carbonyl (C=O) groups is 2. The second-order valence-corrected chi connectivity index (χ2v) is 9.54. The Hall–Kier alpha value is -3.34. The Morgan fingerprint density at radius 1 is 0.756 bits per heavy atom. The van der Waals surface area contributed by atoms with E-state index in [2.05, 4.69) is 10.6 Å². The molecular formula is C27H34N2O12. The highest BCUT2D eigenvalue weighted by Crippen LogP contribution is 2.29. The monoisotopic (exact) mass is 578 g/mol. The van der Waals surface area contributed by atoms with Crippen LogP contribution in [0.4, 0.5) is 9.59 Å². The highest BCUT2D eigenvalue weighted by Gasteiger charge is 2.51. The molecule has 41 heavy (non-hydrogen) atoms. The highest BCUT2D eigenvalue weighted by atomic mass is 16.7. The maximum Gasteiger partial charge on any atom is 0.407 e. The summed E-state index contributed by atoms with van der Waals surface area (Å²) in [4.78, 5) is 24.8. The maximum atomic E-state index is 12.6. The van der Waals surface area contributed by atoms with Crippen molar-refractivity contribution in [2.75, 3.05) is 13.2 Å². The van der Waals surface area contributed by atoms with Gasteiger partial charge in [0, 0.05) is 6.54 Å². The molecule has 7 N–H and O–H groups in total. The van der Waals surface area contributed by atoms with Crippen LogP contribution in [0.15, 0.2) is 60.7 Å². The van der Waals surface area contributed by atoms with Crippen molar-refractivity contribution in [1.82, 2.24) is 10.6 Å². The van der Waals surface area contributed by atoms with Crippen molar-refractivity contribution in [2.45, 2.75) is 68.5 Å². The third-order valence-corrected chi connectivity index (χ3v) is 6.64. The van der Waals surface area contributed by atoms with Gasteiger partial charge in [0.1, 0.15) is 55.9 Å². The van der Waals surface area contributed by atoms with Crippen molar-refractivity contribution < 1.29 is 58.8 Å². The number of alkyl carbamates (subject to hydrolysis) is 2. The van der Waals surface area contributed by atoms with E-state index >= 15 is 0 Å². The Balaban J connectivity index is 1.41. The van der Waals surface area contributed by atoms with Gasteiger partial charge in [0.15, 0.2) is 12.6 Å². The van der Waals surface area contributed by atoms with Crippen molar-refractivity contribution in [2.24, 2.45) is 0 Å². The smallest absolute Gasteiger partial charge is 0.407 e. The fraction of sp³-hybridized carbons (Fsp3) is 0.481. The molecule has 2 fully saturated rings. The van der Waals surface area contributed by atoms with E-state index in [0.29, 0.717) is 5.56 Å². The van der Waals surface area contributed by atoms with E-state index in [4.69, 9.17) is 23.7 Å². The SMILES string of the molecule is O=C(NC[C@@H]1O[C@H](O[C@@H]2[C@@H](CO)OC(O)[C@@H]2O)[C@H](NC(=O)OCc2ccccc2)[C@@H](O)[C@@H]1O)OCc1ccccc1. The lowest BCUT2D eigenvalue weighted by atomic mass is 9.96. The molecule has 9 atom stereocenters. The topological polar surface area (TPSA) is 205 Å². The molecule has 0 bridgehead atoms. The van der Waals surface area contributed by atoms with Crippen molar-refractivity contribution in [3.8, 4) is 0 Å². The second-order valence-electron chi connectivity index (χ2n) is 9.54. The highest BCUT2D eigenvalue weighted by molar-refractivity contribution is 5.68. The van der Waals surface area contributed by atoms with E-state index in [1.165, 1.54) is 0 Å². The zero-order chi connectivity index (χ0) is 29.4. The molecule has 0 radical (unpaired) electrons. The predicted octanol–water partition coefficient (Wildman–Crippen LogP) is -0.890. The molecule has 2 aliphatic rings. The number of hydrogen-bond donors (Lipinski definition) is 7.